The van der Waals surface area contributed by atoms with E-state index in [1.54, 1.807) is 14.2 Å². The van der Waals surface area contributed by atoms with Crippen LogP contribution in [-0.4, -0.2) is 36.2 Å². The van der Waals surface area contributed by atoms with Gasteiger partial charge in [0.1, 0.15) is 0 Å². The molecule has 33 heavy (non-hydrogen) atoms. The van der Waals surface area contributed by atoms with Crippen LogP contribution in [0.2, 0.25) is 0 Å². The minimum absolute atomic E-state index is 0.150. The van der Waals surface area contributed by atoms with E-state index in [0.717, 1.165) is 25.7 Å². The Morgan fingerprint density at radius 3 is 1.39 bits per heavy atom. The van der Waals surface area contributed by atoms with E-state index in [-0.39, 0.29) is 11.8 Å². The SMILES string of the molecule is CCCCCCCC(=O)O.CCCCCCCCC(CCCCCCCC)C(=O)N(C)OC. The van der Waals surface area contributed by atoms with Crippen molar-refractivity contribution in [1.29, 1.82) is 0 Å². The second kappa shape index (κ2) is 27.1. The van der Waals surface area contributed by atoms with Crippen LogP contribution >= 0.6 is 0 Å². The standard InChI is InChI=1S/C20H41NO2.C8H16O2/c1-5-7-9-11-13-15-17-19(20(22)21(3)23-4)18-16-14-12-10-8-6-2;1-2-3-4-5-6-7-8(9)10/h19H,5-18H2,1-4H3;2-7H2,1H3,(H,9,10). The number of amides is 1. The Morgan fingerprint density at radius 1 is 0.667 bits per heavy atom. The van der Waals surface area contributed by atoms with Gasteiger partial charge in [0.15, 0.2) is 0 Å². The summed E-state index contributed by atoms with van der Waals surface area (Å²) in [7, 11) is 3.31. The first kappa shape index (κ1) is 34.1. The summed E-state index contributed by atoms with van der Waals surface area (Å²) in [5, 5.41) is 9.69. The molecule has 0 fully saturated rings. The van der Waals surface area contributed by atoms with Crippen molar-refractivity contribution < 1.29 is 19.5 Å². The summed E-state index contributed by atoms with van der Waals surface area (Å²) in [5.41, 5.74) is 0. The second-order valence-electron chi connectivity index (χ2n) is 9.39. The van der Waals surface area contributed by atoms with Gasteiger partial charge in [0.05, 0.1) is 7.11 Å². The number of unbranched alkanes of at least 4 members (excludes halogenated alkanes) is 14. The Morgan fingerprint density at radius 2 is 1.03 bits per heavy atom. The van der Waals surface area contributed by atoms with E-state index in [1.807, 2.05) is 0 Å². The molecule has 0 heterocycles. The number of nitrogens with zero attached hydrogens (tertiary/aromatic N) is 1. The van der Waals surface area contributed by atoms with Crippen molar-refractivity contribution in [3.63, 3.8) is 0 Å². The first-order valence-corrected chi connectivity index (χ1v) is 14.0. The van der Waals surface area contributed by atoms with Crippen LogP contribution < -0.4 is 0 Å². The molecule has 0 spiro atoms. The molecule has 0 aliphatic rings. The van der Waals surface area contributed by atoms with Crippen molar-refractivity contribution in [2.24, 2.45) is 5.92 Å². The molecule has 1 N–H and O–H groups in total. The molecule has 0 aromatic rings. The van der Waals surface area contributed by atoms with Gasteiger partial charge in [-0.05, 0) is 19.3 Å². The fraction of sp³-hybridized carbons (Fsp3) is 0.929. The number of rotatable bonds is 22. The van der Waals surface area contributed by atoms with Crippen LogP contribution in [0.25, 0.3) is 0 Å². The lowest BCUT2D eigenvalue weighted by Crippen LogP contribution is -2.32. The zero-order chi connectivity index (χ0) is 25.2. The number of carboxylic acids is 1. The summed E-state index contributed by atoms with van der Waals surface area (Å²) in [6, 6.07) is 0. The lowest BCUT2D eigenvalue weighted by atomic mass is 9.93. The summed E-state index contributed by atoms with van der Waals surface area (Å²) in [5.74, 6) is -0.358. The van der Waals surface area contributed by atoms with Gasteiger partial charge < -0.3 is 5.11 Å². The third-order valence-electron chi connectivity index (χ3n) is 6.24. The molecule has 0 saturated carbocycles. The second-order valence-corrected chi connectivity index (χ2v) is 9.39. The normalized spacial score (nSPS) is 10.7. The maximum Gasteiger partial charge on any atom is 0.303 e. The van der Waals surface area contributed by atoms with E-state index in [4.69, 9.17) is 9.94 Å². The minimum Gasteiger partial charge on any atom is -0.481 e. The van der Waals surface area contributed by atoms with Gasteiger partial charge in [-0.2, -0.15) is 0 Å². The fourth-order valence-corrected chi connectivity index (χ4v) is 3.96. The van der Waals surface area contributed by atoms with Crippen LogP contribution in [0.3, 0.4) is 0 Å². The number of carbonyl (C=O) groups excluding carboxylic acids is 1. The third kappa shape index (κ3) is 25.4. The molecule has 0 rings (SSSR count). The highest BCUT2D eigenvalue weighted by atomic mass is 16.7. The van der Waals surface area contributed by atoms with E-state index in [2.05, 4.69) is 20.8 Å². The molecule has 0 bridgehead atoms. The van der Waals surface area contributed by atoms with E-state index < -0.39 is 5.97 Å². The Kier molecular flexibility index (Phi) is 28.0. The summed E-state index contributed by atoms with van der Waals surface area (Å²) in [4.78, 5) is 27.5. The maximum atomic E-state index is 12.4. The Labute approximate surface area is 206 Å². The van der Waals surface area contributed by atoms with Gasteiger partial charge in [0, 0.05) is 19.4 Å². The number of carbonyl (C=O) groups is 2. The summed E-state index contributed by atoms with van der Waals surface area (Å²) in [6.07, 6.45) is 23.4. The molecule has 1 amide bonds. The highest BCUT2D eigenvalue weighted by Crippen LogP contribution is 2.21. The molecule has 0 radical (unpaired) electrons. The van der Waals surface area contributed by atoms with Crippen LogP contribution in [0.15, 0.2) is 0 Å². The molecule has 0 aromatic carbocycles. The predicted octanol–water partition coefficient (Wildman–Crippen LogP) is 8.56. The molecule has 0 aliphatic heterocycles. The molecule has 5 nitrogen and oxygen atoms in total. The van der Waals surface area contributed by atoms with Crippen molar-refractivity contribution in [2.75, 3.05) is 14.2 Å². The molecule has 0 aromatic heterocycles. The molecule has 0 unspecified atom stereocenters. The molecule has 0 atom stereocenters. The number of aliphatic carboxylic acids is 1. The molecular weight excluding hydrogens is 414 g/mol. The van der Waals surface area contributed by atoms with E-state index in [1.165, 1.54) is 101 Å². The molecule has 198 valence electrons. The predicted molar refractivity (Wildman–Crippen MR) is 140 cm³/mol. The molecule has 0 aliphatic carbocycles. The summed E-state index contributed by atoms with van der Waals surface area (Å²) in [6.45, 7) is 6.64. The van der Waals surface area contributed by atoms with Gasteiger partial charge >= 0.3 is 5.97 Å². The Bertz CT molecular complexity index is 412. The number of hydroxylamine groups is 2. The first-order valence-electron chi connectivity index (χ1n) is 14.0. The quantitative estimate of drug-likeness (QED) is 0.127. The van der Waals surface area contributed by atoms with Gasteiger partial charge in [0.2, 0.25) is 5.91 Å². The zero-order valence-electron chi connectivity index (χ0n) is 22.8. The molecule has 5 heteroatoms. The number of carboxylic acid groups (broad SMARTS) is 1. The Hall–Kier alpha value is -1.10. The average Bonchev–Trinajstić information content (AvgIpc) is 2.81. The number of hydrogen-bond acceptors (Lipinski definition) is 3. The average molecular weight is 472 g/mol. The highest BCUT2D eigenvalue weighted by molar-refractivity contribution is 5.77. The van der Waals surface area contributed by atoms with Crippen LogP contribution in [0.5, 0.6) is 0 Å². The minimum atomic E-state index is -0.670. The topological polar surface area (TPSA) is 66.8 Å². The number of hydrogen-bond donors (Lipinski definition) is 1. The van der Waals surface area contributed by atoms with Crippen molar-refractivity contribution in [3.8, 4) is 0 Å². The Balaban J connectivity index is 0. The van der Waals surface area contributed by atoms with Gasteiger partial charge in [0.25, 0.3) is 0 Å². The maximum absolute atomic E-state index is 12.4. The van der Waals surface area contributed by atoms with E-state index in [9.17, 15) is 9.59 Å². The van der Waals surface area contributed by atoms with Gasteiger partial charge in [-0.25, -0.2) is 5.06 Å². The van der Waals surface area contributed by atoms with E-state index in [0.29, 0.717) is 6.42 Å². The van der Waals surface area contributed by atoms with Crippen LogP contribution in [0.1, 0.15) is 149 Å². The van der Waals surface area contributed by atoms with Crippen molar-refractivity contribution in [2.45, 2.75) is 149 Å². The van der Waals surface area contributed by atoms with Crippen molar-refractivity contribution in [3.05, 3.63) is 0 Å². The van der Waals surface area contributed by atoms with Crippen LogP contribution in [-0.2, 0) is 14.4 Å². The molecule has 0 saturated heterocycles. The fourth-order valence-electron chi connectivity index (χ4n) is 3.96. The lowest BCUT2D eigenvalue weighted by Gasteiger charge is -2.22. The van der Waals surface area contributed by atoms with Crippen molar-refractivity contribution in [1.82, 2.24) is 5.06 Å². The summed E-state index contributed by atoms with van der Waals surface area (Å²) >= 11 is 0. The third-order valence-corrected chi connectivity index (χ3v) is 6.24. The smallest absolute Gasteiger partial charge is 0.303 e. The highest BCUT2D eigenvalue weighted by Gasteiger charge is 2.21. The zero-order valence-corrected chi connectivity index (χ0v) is 22.8. The van der Waals surface area contributed by atoms with E-state index >= 15 is 0 Å². The molecular formula is C28H57NO4. The summed E-state index contributed by atoms with van der Waals surface area (Å²) < 4.78 is 0. The van der Waals surface area contributed by atoms with Gasteiger partial charge in [-0.1, -0.05) is 124 Å². The van der Waals surface area contributed by atoms with Crippen molar-refractivity contribution >= 4 is 11.9 Å². The lowest BCUT2D eigenvalue weighted by molar-refractivity contribution is -0.174. The van der Waals surface area contributed by atoms with Gasteiger partial charge in [-0.15, -0.1) is 0 Å². The monoisotopic (exact) mass is 471 g/mol. The van der Waals surface area contributed by atoms with Crippen LogP contribution in [0, 0.1) is 5.92 Å². The van der Waals surface area contributed by atoms with Gasteiger partial charge in [-0.3, -0.25) is 14.4 Å². The first-order chi connectivity index (χ1) is 15.9. The van der Waals surface area contributed by atoms with Crippen LogP contribution in [0.4, 0.5) is 0 Å². The largest absolute Gasteiger partial charge is 0.481 e.